The van der Waals surface area contributed by atoms with Crippen LogP contribution in [0.25, 0.3) is 11.3 Å². The van der Waals surface area contributed by atoms with Gasteiger partial charge in [0.05, 0.1) is 5.69 Å². The number of nitrogens with one attached hydrogen (secondary N) is 1. The molecule has 1 aliphatic rings. The minimum absolute atomic E-state index is 0.146. The molecule has 3 heteroatoms. The molecule has 22 heavy (non-hydrogen) atoms. The smallest absolute Gasteiger partial charge is 0.255 e. The van der Waals surface area contributed by atoms with Crippen molar-refractivity contribution in [1.82, 2.24) is 9.88 Å². The highest BCUT2D eigenvalue weighted by molar-refractivity contribution is 5.60. The molecule has 0 bridgehead atoms. The molecule has 0 spiro atoms. The van der Waals surface area contributed by atoms with Crippen molar-refractivity contribution in [2.45, 2.75) is 52.2 Å². The van der Waals surface area contributed by atoms with E-state index in [-0.39, 0.29) is 5.56 Å². The molecule has 116 valence electrons. The van der Waals surface area contributed by atoms with E-state index in [4.69, 9.17) is 0 Å². The second-order valence-corrected chi connectivity index (χ2v) is 6.22. The van der Waals surface area contributed by atoms with Gasteiger partial charge in [0.25, 0.3) is 5.56 Å². The molecule has 3 rings (SSSR count). The van der Waals surface area contributed by atoms with E-state index in [9.17, 15) is 4.79 Å². The molecule has 0 amide bonds. The topological polar surface area (TPSA) is 34.0 Å². The largest absolute Gasteiger partial charge is 0.310 e. The zero-order chi connectivity index (χ0) is 15.5. The second-order valence-electron chi connectivity index (χ2n) is 6.22. The Kier molecular flexibility index (Phi) is 4.44. The lowest BCUT2D eigenvalue weighted by molar-refractivity contribution is 0.632. The number of hydrogen-bond donors (Lipinski definition) is 1. The molecule has 1 fully saturated rings. The van der Waals surface area contributed by atoms with Crippen molar-refractivity contribution >= 4 is 0 Å². The number of nitrogens with zero attached hydrogens (tertiary/aromatic N) is 1. The van der Waals surface area contributed by atoms with Gasteiger partial charge in [-0.2, -0.15) is 0 Å². The van der Waals surface area contributed by atoms with Crippen LogP contribution in [0.3, 0.4) is 0 Å². The minimum atomic E-state index is 0.146. The molecule has 1 aliphatic carbocycles. The Morgan fingerprint density at radius 2 is 1.86 bits per heavy atom. The number of pyridine rings is 1. The Morgan fingerprint density at radius 1 is 1.14 bits per heavy atom. The molecular formula is C19H24N2O. The molecule has 0 unspecified atom stereocenters. The Labute approximate surface area is 132 Å². The van der Waals surface area contributed by atoms with Gasteiger partial charge in [0.2, 0.25) is 0 Å². The quantitative estimate of drug-likeness (QED) is 0.885. The highest BCUT2D eigenvalue weighted by atomic mass is 16.1. The van der Waals surface area contributed by atoms with Gasteiger partial charge >= 0.3 is 0 Å². The van der Waals surface area contributed by atoms with Gasteiger partial charge in [0.1, 0.15) is 0 Å². The van der Waals surface area contributed by atoms with Crippen LogP contribution < -0.4 is 10.9 Å². The van der Waals surface area contributed by atoms with Gasteiger partial charge in [-0.25, -0.2) is 0 Å². The van der Waals surface area contributed by atoms with Crippen molar-refractivity contribution in [2.24, 2.45) is 0 Å². The summed E-state index contributed by atoms with van der Waals surface area (Å²) in [5.41, 5.74) is 4.38. The van der Waals surface area contributed by atoms with E-state index < -0.39 is 0 Å². The number of aryl methyl sites for hydroxylation is 1. The summed E-state index contributed by atoms with van der Waals surface area (Å²) in [5, 5.41) is 3.44. The summed E-state index contributed by atoms with van der Waals surface area (Å²) in [7, 11) is 0. The summed E-state index contributed by atoms with van der Waals surface area (Å²) < 4.78 is 1.93. The monoisotopic (exact) mass is 296 g/mol. The van der Waals surface area contributed by atoms with Crippen LogP contribution in [0.1, 0.15) is 37.3 Å². The van der Waals surface area contributed by atoms with Gasteiger partial charge in [-0.05, 0) is 37.8 Å². The van der Waals surface area contributed by atoms with Crippen molar-refractivity contribution in [2.75, 3.05) is 0 Å². The van der Waals surface area contributed by atoms with E-state index in [1.807, 2.05) is 10.6 Å². The Hall–Kier alpha value is -1.87. The molecule has 1 aromatic carbocycles. The van der Waals surface area contributed by atoms with Gasteiger partial charge in [-0.1, -0.05) is 42.8 Å². The van der Waals surface area contributed by atoms with Gasteiger partial charge in [0, 0.05) is 24.7 Å². The summed E-state index contributed by atoms with van der Waals surface area (Å²) in [6, 6.07) is 13.1. The SMILES string of the molecule is CCCn1c(-c2ccc(C)cc2)ccc(CNC2CC2)c1=O. The van der Waals surface area contributed by atoms with Gasteiger partial charge in [-0.15, -0.1) is 0 Å². The average molecular weight is 296 g/mol. The molecular weight excluding hydrogens is 272 g/mol. The highest BCUT2D eigenvalue weighted by Gasteiger charge is 2.20. The standard InChI is InChI=1S/C19H24N2O/c1-3-12-21-18(15-6-4-14(2)5-7-15)11-8-16(19(21)22)13-20-17-9-10-17/h4-8,11,17,20H,3,9-10,12-13H2,1-2H3. The summed E-state index contributed by atoms with van der Waals surface area (Å²) in [5.74, 6) is 0. The van der Waals surface area contributed by atoms with Crippen molar-refractivity contribution in [1.29, 1.82) is 0 Å². The number of rotatable bonds is 6. The number of hydrogen-bond acceptors (Lipinski definition) is 2. The highest BCUT2D eigenvalue weighted by Crippen LogP contribution is 2.21. The van der Waals surface area contributed by atoms with Gasteiger partial charge in [-0.3, -0.25) is 4.79 Å². The van der Waals surface area contributed by atoms with Crippen molar-refractivity contribution in [3.63, 3.8) is 0 Å². The van der Waals surface area contributed by atoms with E-state index in [1.165, 1.54) is 18.4 Å². The van der Waals surface area contributed by atoms with Crippen LogP contribution in [0.5, 0.6) is 0 Å². The van der Waals surface area contributed by atoms with Crippen LogP contribution in [-0.2, 0) is 13.1 Å². The molecule has 0 radical (unpaired) electrons. The number of aromatic nitrogens is 1. The van der Waals surface area contributed by atoms with Crippen LogP contribution >= 0.6 is 0 Å². The average Bonchev–Trinajstić information content (AvgIpc) is 3.34. The fraction of sp³-hybridized carbons (Fsp3) is 0.421. The third-order valence-electron chi connectivity index (χ3n) is 4.21. The molecule has 0 atom stereocenters. The summed E-state index contributed by atoms with van der Waals surface area (Å²) >= 11 is 0. The van der Waals surface area contributed by atoms with E-state index in [0.717, 1.165) is 29.8 Å². The van der Waals surface area contributed by atoms with Crippen molar-refractivity contribution in [3.8, 4) is 11.3 Å². The fourth-order valence-electron chi connectivity index (χ4n) is 2.72. The molecule has 3 nitrogen and oxygen atoms in total. The summed E-state index contributed by atoms with van der Waals surface area (Å²) in [4.78, 5) is 12.8. The van der Waals surface area contributed by atoms with Crippen molar-refractivity contribution < 1.29 is 0 Å². The maximum Gasteiger partial charge on any atom is 0.255 e. The molecule has 0 saturated heterocycles. The predicted molar refractivity (Wildman–Crippen MR) is 91.0 cm³/mol. The maximum absolute atomic E-state index is 12.8. The molecule has 2 aromatic rings. The maximum atomic E-state index is 12.8. The van der Waals surface area contributed by atoms with E-state index in [1.54, 1.807) is 0 Å². The lowest BCUT2D eigenvalue weighted by Crippen LogP contribution is -2.28. The molecule has 1 saturated carbocycles. The van der Waals surface area contributed by atoms with Crippen LogP contribution in [-0.4, -0.2) is 10.6 Å². The molecule has 1 heterocycles. The van der Waals surface area contributed by atoms with E-state index in [0.29, 0.717) is 12.6 Å². The van der Waals surface area contributed by atoms with Gasteiger partial charge in [0.15, 0.2) is 0 Å². The predicted octanol–water partition coefficient (Wildman–Crippen LogP) is 3.49. The van der Waals surface area contributed by atoms with Crippen molar-refractivity contribution in [3.05, 3.63) is 57.9 Å². The summed E-state index contributed by atoms with van der Waals surface area (Å²) in [6.07, 6.45) is 3.44. The Balaban J connectivity index is 1.96. The molecule has 1 N–H and O–H groups in total. The second kappa shape index (κ2) is 6.49. The normalized spacial score (nSPS) is 14.3. The van der Waals surface area contributed by atoms with E-state index in [2.05, 4.69) is 49.5 Å². The zero-order valence-corrected chi connectivity index (χ0v) is 13.4. The van der Waals surface area contributed by atoms with Crippen LogP contribution in [0.15, 0.2) is 41.2 Å². The minimum Gasteiger partial charge on any atom is -0.310 e. The number of benzene rings is 1. The first kappa shape index (κ1) is 15.0. The van der Waals surface area contributed by atoms with E-state index >= 15 is 0 Å². The van der Waals surface area contributed by atoms with Crippen LogP contribution in [0, 0.1) is 6.92 Å². The zero-order valence-electron chi connectivity index (χ0n) is 13.4. The first-order valence-electron chi connectivity index (χ1n) is 8.22. The molecule has 1 aromatic heterocycles. The fourth-order valence-corrected chi connectivity index (χ4v) is 2.72. The van der Waals surface area contributed by atoms with Crippen LogP contribution in [0.4, 0.5) is 0 Å². The van der Waals surface area contributed by atoms with Crippen LogP contribution in [0.2, 0.25) is 0 Å². The first-order chi connectivity index (χ1) is 10.7. The molecule has 0 aliphatic heterocycles. The Bertz CT molecular complexity index is 696. The van der Waals surface area contributed by atoms with Gasteiger partial charge < -0.3 is 9.88 Å². The lowest BCUT2D eigenvalue weighted by atomic mass is 10.1. The first-order valence-corrected chi connectivity index (χ1v) is 8.22. The lowest BCUT2D eigenvalue weighted by Gasteiger charge is -2.15. The third kappa shape index (κ3) is 3.30. The Morgan fingerprint density at radius 3 is 2.50 bits per heavy atom. The summed E-state index contributed by atoms with van der Waals surface area (Å²) in [6.45, 7) is 5.64. The third-order valence-corrected chi connectivity index (χ3v) is 4.21.